The Morgan fingerprint density at radius 1 is 1.18 bits per heavy atom. The van der Waals surface area contributed by atoms with Gasteiger partial charge >= 0.3 is 0 Å². The van der Waals surface area contributed by atoms with Crippen LogP contribution in [0.1, 0.15) is 12.5 Å². The quantitative estimate of drug-likeness (QED) is 0.782. The monoisotopic (exact) mass is 304 g/mol. The number of carbonyl (C=O) groups is 2. The van der Waals surface area contributed by atoms with Crippen molar-refractivity contribution in [2.45, 2.75) is 13.3 Å². The Morgan fingerprint density at radius 2 is 1.82 bits per heavy atom. The molecule has 0 N–H and O–H groups in total. The first-order chi connectivity index (χ1) is 10.6. The van der Waals surface area contributed by atoms with E-state index in [1.807, 2.05) is 24.1 Å². The summed E-state index contributed by atoms with van der Waals surface area (Å²) in [7, 11) is 1.84. The minimum Gasteiger partial charge on any atom is -0.344 e. The highest BCUT2D eigenvalue weighted by atomic mass is 16.2. The van der Waals surface area contributed by atoms with E-state index in [0.29, 0.717) is 26.2 Å². The molecule has 1 aliphatic heterocycles. The van der Waals surface area contributed by atoms with E-state index in [9.17, 15) is 9.59 Å². The number of amides is 2. The second-order valence-corrected chi connectivity index (χ2v) is 5.70. The van der Waals surface area contributed by atoms with Crippen LogP contribution in [0, 0.1) is 0 Å². The van der Waals surface area contributed by atoms with Gasteiger partial charge in [-0.25, -0.2) is 0 Å². The van der Waals surface area contributed by atoms with Crippen LogP contribution in [-0.2, 0) is 16.0 Å². The van der Waals surface area contributed by atoms with Crippen LogP contribution < -0.4 is 0 Å². The fraction of sp³-hybridized carbons (Fsp3) is 0.562. The molecule has 0 unspecified atom stereocenters. The largest absolute Gasteiger partial charge is 0.344 e. The molecular formula is C16H24N4O2. The molecule has 22 heavy (non-hydrogen) atoms. The fourth-order valence-corrected chi connectivity index (χ4v) is 2.50. The summed E-state index contributed by atoms with van der Waals surface area (Å²) in [5, 5.41) is 0. The molecule has 0 aromatic carbocycles. The van der Waals surface area contributed by atoms with E-state index in [2.05, 4.69) is 9.88 Å². The smallest absolute Gasteiger partial charge is 0.236 e. The fourth-order valence-electron chi connectivity index (χ4n) is 2.50. The third-order valence-corrected chi connectivity index (χ3v) is 4.09. The maximum absolute atomic E-state index is 12.2. The standard InChI is InChI=1S/C16H24N4O2/c1-14(21)20-11-9-19(10-12-20)13-16(22)18(2)8-5-15-3-6-17-7-4-15/h3-4,6-7H,5,8-13H2,1-2H3. The molecule has 120 valence electrons. The van der Waals surface area contributed by atoms with Crippen LogP contribution in [0.25, 0.3) is 0 Å². The van der Waals surface area contributed by atoms with Gasteiger partial charge in [0, 0.05) is 59.1 Å². The summed E-state index contributed by atoms with van der Waals surface area (Å²) in [6, 6.07) is 3.94. The van der Waals surface area contributed by atoms with Crippen LogP contribution in [0.15, 0.2) is 24.5 Å². The van der Waals surface area contributed by atoms with Gasteiger partial charge in [-0.3, -0.25) is 19.5 Å². The Labute approximate surface area is 131 Å². The van der Waals surface area contributed by atoms with E-state index in [-0.39, 0.29) is 11.8 Å². The topological polar surface area (TPSA) is 56.8 Å². The van der Waals surface area contributed by atoms with Gasteiger partial charge in [-0.2, -0.15) is 0 Å². The highest BCUT2D eigenvalue weighted by Gasteiger charge is 2.21. The number of piperazine rings is 1. The second kappa shape index (κ2) is 7.89. The summed E-state index contributed by atoms with van der Waals surface area (Å²) in [6.45, 7) is 5.68. The first kappa shape index (κ1) is 16.4. The minimum absolute atomic E-state index is 0.112. The zero-order valence-corrected chi connectivity index (χ0v) is 13.4. The van der Waals surface area contributed by atoms with E-state index in [4.69, 9.17) is 0 Å². The Balaban J connectivity index is 1.71. The summed E-state index contributed by atoms with van der Waals surface area (Å²) in [4.78, 5) is 33.2. The zero-order chi connectivity index (χ0) is 15.9. The molecule has 1 aliphatic rings. The third kappa shape index (κ3) is 4.80. The highest BCUT2D eigenvalue weighted by Crippen LogP contribution is 2.04. The van der Waals surface area contributed by atoms with Crippen molar-refractivity contribution in [1.82, 2.24) is 19.7 Å². The molecule has 1 aromatic heterocycles. The number of likely N-dealkylation sites (N-methyl/N-ethyl adjacent to an activating group) is 1. The molecule has 1 saturated heterocycles. The molecule has 2 heterocycles. The summed E-state index contributed by atoms with van der Waals surface area (Å²) >= 11 is 0. The van der Waals surface area contributed by atoms with Gasteiger partial charge < -0.3 is 9.80 Å². The maximum atomic E-state index is 12.2. The average molecular weight is 304 g/mol. The number of rotatable bonds is 5. The van der Waals surface area contributed by atoms with Gasteiger partial charge in [0.05, 0.1) is 6.54 Å². The third-order valence-electron chi connectivity index (χ3n) is 4.09. The van der Waals surface area contributed by atoms with Crippen molar-refractivity contribution < 1.29 is 9.59 Å². The van der Waals surface area contributed by atoms with E-state index in [0.717, 1.165) is 19.5 Å². The molecule has 0 atom stereocenters. The van der Waals surface area contributed by atoms with Crippen LogP contribution in [0.4, 0.5) is 0 Å². The molecule has 2 amide bonds. The average Bonchev–Trinajstić information content (AvgIpc) is 2.54. The van der Waals surface area contributed by atoms with E-state index in [1.165, 1.54) is 5.56 Å². The molecule has 6 heteroatoms. The van der Waals surface area contributed by atoms with Crippen LogP contribution >= 0.6 is 0 Å². The first-order valence-electron chi connectivity index (χ1n) is 7.67. The Morgan fingerprint density at radius 3 is 2.41 bits per heavy atom. The lowest BCUT2D eigenvalue weighted by molar-refractivity contribution is -0.133. The van der Waals surface area contributed by atoms with Crippen LogP contribution in [0.2, 0.25) is 0 Å². The Bertz CT molecular complexity index is 498. The van der Waals surface area contributed by atoms with Gasteiger partial charge in [-0.05, 0) is 24.1 Å². The molecule has 1 fully saturated rings. The summed E-state index contributed by atoms with van der Waals surface area (Å²) in [6.07, 6.45) is 4.38. The lowest BCUT2D eigenvalue weighted by Crippen LogP contribution is -2.50. The van der Waals surface area contributed by atoms with Crippen molar-refractivity contribution in [3.8, 4) is 0 Å². The number of nitrogens with zero attached hydrogens (tertiary/aromatic N) is 4. The highest BCUT2D eigenvalue weighted by molar-refractivity contribution is 5.78. The molecular weight excluding hydrogens is 280 g/mol. The molecule has 6 nitrogen and oxygen atoms in total. The predicted molar refractivity (Wildman–Crippen MR) is 84.3 cm³/mol. The van der Waals surface area contributed by atoms with Crippen molar-refractivity contribution in [3.05, 3.63) is 30.1 Å². The van der Waals surface area contributed by atoms with Crippen molar-refractivity contribution in [1.29, 1.82) is 0 Å². The number of carbonyl (C=O) groups excluding carboxylic acids is 2. The zero-order valence-electron chi connectivity index (χ0n) is 13.4. The number of pyridine rings is 1. The Hall–Kier alpha value is -1.95. The van der Waals surface area contributed by atoms with Crippen molar-refractivity contribution in [3.63, 3.8) is 0 Å². The maximum Gasteiger partial charge on any atom is 0.236 e. The molecule has 0 spiro atoms. The molecule has 0 bridgehead atoms. The Kier molecular flexibility index (Phi) is 5.89. The molecule has 2 rings (SSSR count). The van der Waals surface area contributed by atoms with E-state index in [1.54, 1.807) is 24.2 Å². The lowest BCUT2D eigenvalue weighted by atomic mass is 10.2. The van der Waals surface area contributed by atoms with Crippen LogP contribution in [0.3, 0.4) is 0 Å². The van der Waals surface area contributed by atoms with Crippen molar-refractivity contribution >= 4 is 11.8 Å². The van der Waals surface area contributed by atoms with Gasteiger partial charge in [-0.15, -0.1) is 0 Å². The molecule has 0 aliphatic carbocycles. The van der Waals surface area contributed by atoms with Gasteiger partial charge in [0.25, 0.3) is 0 Å². The number of hydrogen-bond donors (Lipinski definition) is 0. The van der Waals surface area contributed by atoms with Gasteiger partial charge in [0.2, 0.25) is 11.8 Å². The molecule has 0 radical (unpaired) electrons. The van der Waals surface area contributed by atoms with Crippen LogP contribution in [0.5, 0.6) is 0 Å². The summed E-state index contributed by atoms with van der Waals surface area (Å²) in [5.74, 6) is 0.241. The summed E-state index contributed by atoms with van der Waals surface area (Å²) in [5.41, 5.74) is 1.18. The minimum atomic E-state index is 0.112. The normalized spacial score (nSPS) is 15.6. The van der Waals surface area contributed by atoms with E-state index >= 15 is 0 Å². The predicted octanol–water partition coefficient (Wildman–Crippen LogP) is 0.247. The number of aromatic nitrogens is 1. The number of hydrogen-bond acceptors (Lipinski definition) is 4. The van der Waals surface area contributed by atoms with Crippen molar-refractivity contribution in [2.75, 3.05) is 46.3 Å². The summed E-state index contributed by atoms with van der Waals surface area (Å²) < 4.78 is 0. The van der Waals surface area contributed by atoms with Gasteiger partial charge in [0.15, 0.2) is 0 Å². The lowest BCUT2D eigenvalue weighted by Gasteiger charge is -2.34. The van der Waals surface area contributed by atoms with Gasteiger partial charge in [-0.1, -0.05) is 0 Å². The van der Waals surface area contributed by atoms with Crippen LogP contribution in [-0.4, -0.2) is 77.8 Å². The van der Waals surface area contributed by atoms with Gasteiger partial charge in [0.1, 0.15) is 0 Å². The first-order valence-corrected chi connectivity index (χ1v) is 7.67. The SMILES string of the molecule is CC(=O)N1CCN(CC(=O)N(C)CCc2ccncc2)CC1. The molecule has 1 aromatic rings. The van der Waals surface area contributed by atoms with Crippen molar-refractivity contribution in [2.24, 2.45) is 0 Å². The second-order valence-electron chi connectivity index (χ2n) is 5.70. The molecule has 0 saturated carbocycles. The van der Waals surface area contributed by atoms with E-state index < -0.39 is 0 Å².